The Morgan fingerprint density at radius 2 is 1.95 bits per heavy atom. The van der Waals surface area contributed by atoms with Gasteiger partial charge in [0, 0.05) is 12.1 Å². The van der Waals surface area contributed by atoms with Gasteiger partial charge in [-0.25, -0.2) is 4.79 Å². The first-order chi connectivity index (χ1) is 9.04. The maximum absolute atomic E-state index is 12.3. The number of amides is 1. The van der Waals surface area contributed by atoms with Crippen LogP contribution in [0, 0.1) is 5.92 Å². The molecule has 1 aromatic rings. The minimum absolute atomic E-state index is 0.0142. The van der Waals surface area contributed by atoms with Gasteiger partial charge in [0.1, 0.15) is 11.8 Å². The van der Waals surface area contributed by atoms with E-state index in [1.165, 1.54) is 4.90 Å². The highest BCUT2D eigenvalue weighted by Crippen LogP contribution is 2.26. The van der Waals surface area contributed by atoms with Crippen molar-refractivity contribution in [3.05, 3.63) is 29.8 Å². The summed E-state index contributed by atoms with van der Waals surface area (Å²) in [6.07, 6.45) is 0.721. The Hall–Kier alpha value is -2.04. The minimum atomic E-state index is -0.938. The summed E-state index contributed by atoms with van der Waals surface area (Å²) in [7, 11) is 1.55. The molecule has 1 aromatic carbocycles. The van der Waals surface area contributed by atoms with Crippen molar-refractivity contribution >= 4 is 11.9 Å². The van der Waals surface area contributed by atoms with Crippen LogP contribution in [0.5, 0.6) is 5.75 Å². The molecule has 1 aliphatic rings. The number of benzene rings is 1. The van der Waals surface area contributed by atoms with Gasteiger partial charge in [-0.15, -0.1) is 0 Å². The van der Waals surface area contributed by atoms with Crippen LogP contribution in [0.1, 0.15) is 23.7 Å². The lowest BCUT2D eigenvalue weighted by Gasteiger charge is -2.23. The summed E-state index contributed by atoms with van der Waals surface area (Å²) in [4.78, 5) is 25.0. The van der Waals surface area contributed by atoms with E-state index in [9.17, 15) is 14.7 Å². The van der Waals surface area contributed by atoms with Crippen LogP contribution in [0.25, 0.3) is 0 Å². The Morgan fingerprint density at radius 1 is 1.32 bits per heavy atom. The van der Waals surface area contributed by atoms with Gasteiger partial charge in [-0.2, -0.15) is 0 Å². The molecule has 2 atom stereocenters. The number of hydrogen-bond donors (Lipinski definition) is 1. The number of aliphatic carboxylic acids is 1. The normalized spacial score (nSPS) is 22.3. The molecule has 0 aromatic heterocycles. The number of carbonyl (C=O) groups excluding carboxylic acids is 1. The first kappa shape index (κ1) is 13.4. The third kappa shape index (κ3) is 2.54. The number of ether oxygens (including phenoxy) is 1. The zero-order valence-corrected chi connectivity index (χ0v) is 11.0. The summed E-state index contributed by atoms with van der Waals surface area (Å²) in [5, 5.41) is 9.22. The van der Waals surface area contributed by atoms with Gasteiger partial charge in [-0.05, 0) is 36.6 Å². The van der Waals surface area contributed by atoms with Crippen molar-refractivity contribution in [2.24, 2.45) is 5.92 Å². The lowest BCUT2D eigenvalue weighted by molar-refractivity contribution is -0.142. The number of carboxylic acids is 1. The molecule has 102 valence electrons. The number of likely N-dealkylation sites (tertiary alicyclic amines) is 1. The maximum atomic E-state index is 12.3. The first-order valence-corrected chi connectivity index (χ1v) is 6.22. The van der Waals surface area contributed by atoms with E-state index in [1.54, 1.807) is 31.4 Å². The van der Waals surface area contributed by atoms with Crippen LogP contribution in [0.4, 0.5) is 0 Å². The van der Waals surface area contributed by atoms with Crippen LogP contribution in [-0.2, 0) is 4.79 Å². The molecule has 2 unspecified atom stereocenters. The van der Waals surface area contributed by atoms with Gasteiger partial charge in [-0.3, -0.25) is 4.79 Å². The van der Waals surface area contributed by atoms with Gasteiger partial charge < -0.3 is 14.7 Å². The standard InChI is InChI=1S/C14H17NO4/c1-9-7-8-15(12(9)14(17)18)13(16)10-3-5-11(19-2)6-4-10/h3-6,9,12H,7-8H2,1-2H3,(H,17,18). The second-order valence-electron chi connectivity index (χ2n) is 4.78. The second-order valence-corrected chi connectivity index (χ2v) is 4.78. The molecule has 1 amide bonds. The molecule has 0 aliphatic carbocycles. The Morgan fingerprint density at radius 3 is 2.47 bits per heavy atom. The van der Waals surface area contributed by atoms with Gasteiger partial charge in [0.05, 0.1) is 7.11 Å². The predicted molar refractivity (Wildman–Crippen MR) is 69.2 cm³/mol. The quantitative estimate of drug-likeness (QED) is 0.900. The third-order valence-electron chi connectivity index (χ3n) is 3.55. The first-order valence-electron chi connectivity index (χ1n) is 6.22. The van der Waals surface area contributed by atoms with Crippen molar-refractivity contribution in [3.8, 4) is 5.75 Å². The number of nitrogens with zero attached hydrogens (tertiary/aromatic N) is 1. The van der Waals surface area contributed by atoms with Crippen molar-refractivity contribution in [1.29, 1.82) is 0 Å². The van der Waals surface area contributed by atoms with Crippen molar-refractivity contribution < 1.29 is 19.4 Å². The summed E-state index contributed by atoms with van der Waals surface area (Å²) in [6.45, 7) is 2.35. The topological polar surface area (TPSA) is 66.8 Å². The molecule has 0 radical (unpaired) electrons. The molecular weight excluding hydrogens is 246 g/mol. The molecule has 0 spiro atoms. The van der Waals surface area contributed by atoms with Crippen LogP contribution in [0.15, 0.2) is 24.3 Å². The number of methoxy groups -OCH3 is 1. The van der Waals surface area contributed by atoms with E-state index in [-0.39, 0.29) is 11.8 Å². The van der Waals surface area contributed by atoms with Crippen LogP contribution < -0.4 is 4.74 Å². The van der Waals surface area contributed by atoms with Gasteiger partial charge in [0.15, 0.2) is 0 Å². The van der Waals surface area contributed by atoms with Crippen LogP contribution in [0.3, 0.4) is 0 Å². The SMILES string of the molecule is COc1ccc(C(=O)N2CCC(C)C2C(=O)O)cc1. The monoisotopic (exact) mass is 263 g/mol. The molecule has 2 rings (SSSR count). The number of carbonyl (C=O) groups is 2. The summed E-state index contributed by atoms with van der Waals surface area (Å²) >= 11 is 0. The highest BCUT2D eigenvalue weighted by atomic mass is 16.5. The fraction of sp³-hybridized carbons (Fsp3) is 0.429. The van der Waals surface area contributed by atoms with Crippen LogP contribution >= 0.6 is 0 Å². The van der Waals surface area contributed by atoms with E-state index in [0.717, 1.165) is 6.42 Å². The Balaban J connectivity index is 2.20. The van der Waals surface area contributed by atoms with Crippen molar-refractivity contribution in [1.82, 2.24) is 4.90 Å². The summed E-state index contributed by atoms with van der Waals surface area (Å²) in [5.74, 6) is -0.521. The van der Waals surface area contributed by atoms with E-state index in [1.807, 2.05) is 6.92 Å². The molecule has 1 saturated heterocycles. The molecule has 1 heterocycles. The van der Waals surface area contributed by atoms with Crippen molar-refractivity contribution in [2.45, 2.75) is 19.4 Å². The lowest BCUT2D eigenvalue weighted by Crippen LogP contribution is -2.42. The van der Waals surface area contributed by atoms with Crippen LogP contribution in [-0.4, -0.2) is 41.6 Å². The van der Waals surface area contributed by atoms with Gasteiger partial charge in [0.25, 0.3) is 5.91 Å². The van der Waals surface area contributed by atoms with Crippen molar-refractivity contribution in [3.63, 3.8) is 0 Å². The molecule has 5 nitrogen and oxygen atoms in total. The molecule has 19 heavy (non-hydrogen) atoms. The fourth-order valence-electron chi connectivity index (χ4n) is 2.45. The predicted octanol–water partition coefficient (Wildman–Crippen LogP) is 1.63. The third-order valence-corrected chi connectivity index (χ3v) is 3.55. The number of hydrogen-bond acceptors (Lipinski definition) is 3. The molecule has 5 heteroatoms. The van der Waals surface area contributed by atoms with E-state index in [4.69, 9.17) is 4.74 Å². The average molecular weight is 263 g/mol. The number of carboxylic acid groups (broad SMARTS) is 1. The molecule has 1 N–H and O–H groups in total. The minimum Gasteiger partial charge on any atom is -0.497 e. The maximum Gasteiger partial charge on any atom is 0.326 e. The Labute approximate surface area is 111 Å². The molecule has 1 fully saturated rings. The molecule has 1 aliphatic heterocycles. The number of rotatable bonds is 3. The Kier molecular flexibility index (Phi) is 3.74. The van der Waals surface area contributed by atoms with E-state index < -0.39 is 12.0 Å². The van der Waals surface area contributed by atoms with Crippen molar-refractivity contribution in [2.75, 3.05) is 13.7 Å². The zero-order chi connectivity index (χ0) is 14.0. The smallest absolute Gasteiger partial charge is 0.326 e. The van der Waals surface area contributed by atoms with Gasteiger partial charge in [-0.1, -0.05) is 6.92 Å². The average Bonchev–Trinajstić information content (AvgIpc) is 2.80. The van der Waals surface area contributed by atoms with Gasteiger partial charge in [0.2, 0.25) is 0 Å². The Bertz CT molecular complexity index is 483. The van der Waals surface area contributed by atoms with E-state index >= 15 is 0 Å². The van der Waals surface area contributed by atoms with E-state index in [0.29, 0.717) is 17.9 Å². The highest BCUT2D eigenvalue weighted by Gasteiger charge is 2.39. The van der Waals surface area contributed by atoms with Gasteiger partial charge >= 0.3 is 5.97 Å². The fourth-order valence-corrected chi connectivity index (χ4v) is 2.45. The highest BCUT2D eigenvalue weighted by molar-refractivity contribution is 5.97. The summed E-state index contributed by atoms with van der Waals surface area (Å²) in [6, 6.07) is 5.98. The van der Waals surface area contributed by atoms with Crippen LogP contribution in [0.2, 0.25) is 0 Å². The molecular formula is C14H17NO4. The summed E-state index contributed by atoms with van der Waals surface area (Å²) in [5.41, 5.74) is 0.487. The second kappa shape index (κ2) is 5.30. The molecule has 0 saturated carbocycles. The zero-order valence-electron chi connectivity index (χ0n) is 11.0. The largest absolute Gasteiger partial charge is 0.497 e. The molecule has 0 bridgehead atoms. The van der Waals surface area contributed by atoms with E-state index in [2.05, 4.69) is 0 Å². The lowest BCUT2D eigenvalue weighted by atomic mass is 10.0. The summed E-state index contributed by atoms with van der Waals surface area (Å²) < 4.78 is 5.03.